The van der Waals surface area contributed by atoms with E-state index in [1.54, 1.807) is 14.2 Å². The van der Waals surface area contributed by atoms with E-state index in [1.807, 2.05) is 24.3 Å². The Labute approximate surface area is 169 Å². The fourth-order valence-corrected chi connectivity index (χ4v) is 4.69. The van der Waals surface area contributed by atoms with Gasteiger partial charge in [-0.15, -0.1) is 0 Å². The topological polar surface area (TPSA) is 51.5 Å². The third-order valence-electron chi connectivity index (χ3n) is 4.85. The van der Waals surface area contributed by atoms with Crippen LogP contribution in [0.3, 0.4) is 0 Å². The van der Waals surface area contributed by atoms with Crippen LogP contribution in [0, 0.1) is 5.82 Å². The molecule has 0 unspecified atom stereocenters. The van der Waals surface area contributed by atoms with Crippen LogP contribution >= 0.6 is 22.9 Å². The number of halogens is 2. The van der Waals surface area contributed by atoms with Gasteiger partial charge in [-0.25, -0.2) is 4.39 Å². The number of ether oxygens (including phenoxy) is 1. The summed E-state index contributed by atoms with van der Waals surface area (Å²) in [7, 11) is 3.21. The van der Waals surface area contributed by atoms with Crippen molar-refractivity contribution < 1.29 is 13.9 Å². The largest absolute Gasteiger partial charge is 0.497 e. The zero-order valence-corrected chi connectivity index (χ0v) is 16.7. The molecule has 0 bridgehead atoms. The van der Waals surface area contributed by atoms with Gasteiger partial charge in [0.25, 0.3) is 0 Å². The Morgan fingerprint density at radius 1 is 1.18 bits per heavy atom. The first kappa shape index (κ1) is 18.7. The fourth-order valence-electron chi connectivity index (χ4n) is 3.42. The number of nitrogens with zero attached hydrogens (tertiary/aromatic N) is 2. The summed E-state index contributed by atoms with van der Waals surface area (Å²) in [6.45, 7) is 0. The van der Waals surface area contributed by atoms with Crippen molar-refractivity contribution >= 4 is 40.4 Å². The van der Waals surface area contributed by atoms with Gasteiger partial charge >= 0.3 is 4.87 Å². The zero-order valence-electron chi connectivity index (χ0n) is 15.1. The Morgan fingerprint density at radius 2 is 1.89 bits per heavy atom. The summed E-state index contributed by atoms with van der Waals surface area (Å²) in [6, 6.07) is 11.6. The van der Waals surface area contributed by atoms with Crippen LogP contribution in [0.2, 0.25) is 5.02 Å². The molecule has 0 N–H and O–H groups in total. The molecule has 1 aliphatic heterocycles. The average molecular weight is 419 g/mol. The van der Waals surface area contributed by atoms with Crippen molar-refractivity contribution in [2.75, 3.05) is 12.0 Å². The van der Waals surface area contributed by atoms with Gasteiger partial charge in [0.15, 0.2) is 0 Å². The highest BCUT2D eigenvalue weighted by Crippen LogP contribution is 2.45. The lowest BCUT2D eigenvalue weighted by molar-refractivity contribution is -0.118. The Balaban J connectivity index is 1.86. The molecule has 1 atom stereocenters. The summed E-state index contributed by atoms with van der Waals surface area (Å²) in [6.07, 6.45) is 0.189. The second-order valence-corrected chi connectivity index (χ2v) is 7.87. The number of fused-ring (bicyclic) bond motifs is 1. The Kier molecular flexibility index (Phi) is 4.72. The van der Waals surface area contributed by atoms with Crippen molar-refractivity contribution in [2.24, 2.45) is 7.05 Å². The van der Waals surface area contributed by atoms with Crippen LogP contribution < -0.4 is 14.5 Å². The lowest BCUT2D eigenvalue weighted by atomic mass is 9.90. The van der Waals surface area contributed by atoms with Gasteiger partial charge in [0.2, 0.25) is 5.91 Å². The predicted octanol–water partition coefficient (Wildman–Crippen LogP) is 4.45. The van der Waals surface area contributed by atoms with Crippen LogP contribution in [-0.4, -0.2) is 17.6 Å². The number of carbonyl (C=O) groups is 1. The molecule has 4 rings (SSSR count). The molecular weight excluding hydrogens is 403 g/mol. The molecular formula is C20H16ClFN2O3S. The van der Waals surface area contributed by atoms with Crippen LogP contribution in [0.15, 0.2) is 47.3 Å². The zero-order chi connectivity index (χ0) is 20.0. The first-order valence-corrected chi connectivity index (χ1v) is 9.72. The van der Waals surface area contributed by atoms with E-state index in [1.165, 1.54) is 27.7 Å². The third-order valence-corrected chi connectivity index (χ3v) is 6.27. The molecule has 3 aromatic rings. The lowest BCUT2D eigenvalue weighted by Crippen LogP contribution is -2.34. The standard InChI is InChI=1S/C20H16ClFN2O3S/c1-23-19-18(28-20(23)26)14(11-3-6-13(27-2)7-4-11)10-17(25)24(19)12-5-8-16(22)15(21)9-12/h3-9,14H,10H2,1-2H3/t14-/m1/s1. The molecule has 1 aromatic heterocycles. The molecule has 0 fully saturated rings. The van der Waals surface area contributed by atoms with Crippen LogP contribution in [0.25, 0.3) is 0 Å². The number of hydrogen-bond acceptors (Lipinski definition) is 4. The summed E-state index contributed by atoms with van der Waals surface area (Å²) < 4.78 is 20.2. The van der Waals surface area contributed by atoms with E-state index < -0.39 is 5.82 Å². The summed E-state index contributed by atoms with van der Waals surface area (Å²) in [5.41, 5.74) is 1.35. The molecule has 0 saturated heterocycles. The summed E-state index contributed by atoms with van der Waals surface area (Å²) >= 11 is 7.03. The van der Waals surface area contributed by atoms with Gasteiger partial charge in [0.1, 0.15) is 17.4 Å². The van der Waals surface area contributed by atoms with Crippen molar-refractivity contribution in [1.29, 1.82) is 0 Å². The molecule has 1 aliphatic rings. The number of benzene rings is 2. The van der Waals surface area contributed by atoms with E-state index in [2.05, 4.69) is 0 Å². The Bertz CT molecular complexity index is 1120. The van der Waals surface area contributed by atoms with Gasteiger partial charge in [-0.2, -0.15) is 0 Å². The highest BCUT2D eigenvalue weighted by molar-refractivity contribution is 7.10. The first-order valence-electron chi connectivity index (χ1n) is 8.52. The molecule has 144 valence electrons. The average Bonchev–Trinajstić information content (AvgIpc) is 2.98. The van der Waals surface area contributed by atoms with Gasteiger partial charge in [-0.3, -0.25) is 19.1 Å². The van der Waals surface area contributed by atoms with Crippen molar-refractivity contribution in [3.8, 4) is 5.75 Å². The number of thiazole rings is 1. The highest BCUT2D eigenvalue weighted by atomic mass is 35.5. The van der Waals surface area contributed by atoms with Gasteiger partial charge in [0, 0.05) is 19.4 Å². The molecule has 0 saturated carbocycles. The van der Waals surface area contributed by atoms with Gasteiger partial charge in [-0.05, 0) is 35.9 Å². The minimum atomic E-state index is -0.564. The van der Waals surface area contributed by atoms with Crippen LogP contribution in [-0.2, 0) is 11.8 Å². The number of aromatic nitrogens is 1. The quantitative estimate of drug-likeness (QED) is 0.631. The number of hydrogen-bond donors (Lipinski definition) is 0. The first-order chi connectivity index (χ1) is 13.4. The minimum Gasteiger partial charge on any atom is -0.497 e. The summed E-state index contributed by atoms with van der Waals surface area (Å²) in [5.74, 6) is 0.221. The van der Waals surface area contributed by atoms with Gasteiger partial charge in [-0.1, -0.05) is 35.1 Å². The van der Waals surface area contributed by atoms with Crippen molar-refractivity contribution in [2.45, 2.75) is 12.3 Å². The van der Waals surface area contributed by atoms with E-state index in [9.17, 15) is 14.0 Å². The molecule has 0 aliphatic carbocycles. The Morgan fingerprint density at radius 3 is 2.54 bits per heavy atom. The summed E-state index contributed by atoms with van der Waals surface area (Å²) in [5, 5.41) is -0.0793. The monoisotopic (exact) mass is 418 g/mol. The van der Waals surface area contributed by atoms with Crippen LogP contribution in [0.5, 0.6) is 5.75 Å². The van der Waals surface area contributed by atoms with E-state index in [0.29, 0.717) is 11.5 Å². The maximum Gasteiger partial charge on any atom is 0.308 e. The summed E-state index contributed by atoms with van der Waals surface area (Å²) in [4.78, 5) is 27.6. The third kappa shape index (κ3) is 3.00. The number of rotatable bonds is 3. The van der Waals surface area contributed by atoms with Crippen LogP contribution in [0.4, 0.5) is 15.9 Å². The maximum atomic E-state index is 13.6. The number of anilines is 2. The normalized spacial score (nSPS) is 16.2. The van der Waals surface area contributed by atoms with E-state index in [0.717, 1.165) is 27.5 Å². The van der Waals surface area contributed by atoms with Gasteiger partial charge < -0.3 is 4.74 Å². The molecule has 1 amide bonds. The maximum absolute atomic E-state index is 13.6. The SMILES string of the molecule is COc1ccc([C@H]2CC(=O)N(c3ccc(F)c(Cl)c3)c3c2sc(=O)n3C)cc1. The molecule has 8 heteroatoms. The fraction of sp³-hybridized carbons (Fsp3) is 0.200. The predicted molar refractivity (Wildman–Crippen MR) is 108 cm³/mol. The number of amides is 1. The van der Waals surface area contributed by atoms with Crippen molar-refractivity contribution in [3.63, 3.8) is 0 Å². The second kappa shape index (κ2) is 7.07. The minimum absolute atomic E-state index is 0.0793. The molecule has 2 heterocycles. The Hall–Kier alpha value is -2.64. The van der Waals surface area contributed by atoms with E-state index >= 15 is 0 Å². The van der Waals surface area contributed by atoms with E-state index in [-0.39, 0.29) is 28.1 Å². The van der Waals surface area contributed by atoms with E-state index in [4.69, 9.17) is 16.3 Å². The van der Waals surface area contributed by atoms with Crippen molar-refractivity contribution in [1.82, 2.24) is 4.57 Å². The molecule has 0 radical (unpaired) electrons. The highest BCUT2D eigenvalue weighted by Gasteiger charge is 2.37. The molecule has 0 spiro atoms. The van der Waals surface area contributed by atoms with Gasteiger partial charge in [0.05, 0.1) is 22.7 Å². The van der Waals surface area contributed by atoms with Crippen molar-refractivity contribution in [3.05, 3.63) is 73.4 Å². The van der Waals surface area contributed by atoms with Crippen LogP contribution in [0.1, 0.15) is 22.8 Å². The second-order valence-electron chi connectivity index (χ2n) is 6.47. The number of carbonyl (C=O) groups excluding carboxylic acids is 1. The number of methoxy groups -OCH3 is 1. The molecule has 5 nitrogen and oxygen atoms in total. The lowest BCUT2D eigenvalue weighted by Gasteiger charge is -2.32. The smallest absolute Gasteiger partial charge is 0.308 e. The molecule has 28 heavy (non-hydrogen) atoms. The molecule has 2 aromatic carbocycles.